The molecule has 3 aromatic rings. The molecular formula is C18H15BrFN5O2. The Morgan fingerprint density at radius 3 is 2.44 bits per heavy atom. The molecule has 1 aromatic carbocycles. The summed E-state index contributed by atoms with van der Waals surface area (Å²) in [4.78, 5) is 32.9. The molecule has 2 aromatic heterocycles. The molecule has 4 rings (SSSR count). The summed E-state index contributed by atoms with van der Waals surface area (Å²) in [7, 11) is 0. The van der Waals surface area contributed by atoms with Crippen LogP contribution in [0.3, 0.4) is 0 Å². The van der Waals surface area contributed by atoms with Gasteiger partial charge in [0, 0.05) is 44.1 Å². The Morgan fingerprint density at radius 2 is 1.74 bits per heavy atom. The van der Waals surface area contributed by atoms with Crippen LogP contribution in [-0.2, 0) is 0 Å². The van der Waals surface area contributed by atoms with Gasteiger partial charge in [0.25, 0.3) is 11.8 Å². The van der Waals surface area contributed by atoms with Gasteiger partial charge < -0.3 is 9.80 Å². The number of piperazine rings is 1. The van der Waals surface area contributed by atoms with Gasteiger partial charge in [-0.2, -0.15) is 5.10 Å². The van der Waals surface area contributed by atoms with Crippen LogP contribution in [0.4, 0.5) is 4.39 Å². The number of aromatic nitrogens is 3. The molecule has 0 spiro atoms. The van der Waals surface area contributed by atoms with Crippen LogP contribution in [0.2, 0.25) is 0 Å². The lowest BCUT2D eigenvalue weighted by Gasteiger charge is -2.34. The molecule has 2 amide bonds. The smallest absolute Gasteiger partial charge is 0.259 e. The minimum Gasteiger partial charge on any atom is -0.335 e. The lowest BCUT2D eigenvalue weighted by Crippen LogP contribution is -2.50. The molecule has 0 aliphatic carbocycles. The van der Waals surface area contributed by atoms with E-state index in [1.54, 1.807) is 32.8 Å². The number of halogens is 2. The largest absolute Gasteiger partial charge is 0.335 e. The second-order valence-electron chi connectivity index (χ2n) is 6.19. The number of rotatable bonds is 2. The molecule has 0 radical (unpaired) electrons. The summed E-state index contributed by atoms with van der Waals surface area (Å²) in [5.41, 5.74) is 1.22. The minimum atomic E-state index is -0.443. The van der Waals surface area contributed by atoms with E-state index in [4.69, 9.17) is 0 Å². The first-order valence-electron chi connectivity index (χ1n) is 8.36. The van der Waals surface area contributed by atoms with Gasteiger partial charge in [-0.3, -0.25) is 9.59 Å². The Bertz CT molecular complexity index is 1030. The first kappa shape index (κ1) is 17.6. The Morgan fingerprint density at radius 1 is 1.04 bits per heavy atom. The van der Waals surface area contributed by atoms with E-state index in [0.29, 0.717) is 43.0 Å². The summed E-state index contributed by atoms with van der Waals surface area (Å²) in [6.45, 7) is 1.57. The number of nitrogens with zero attached hydrogens (tertiary/aromatic N) is 5. The van der Waals surface area contributed by atoms with E-state index in [2.05, 4.69) is 26.0 Å². The molecule has 1 aliphatic rings. The van der Waals surface area contributed by atoms with Crippen molar-refractivity contribution in [2.24, 2.45) is 0 Å². The molecule has 1 fully saturated rings. The van der Waals surface area contributed by atoms with Gasteiger partial charge in [-0.15, -0.1) is 0 Å². The van der Waals surface area contributed by atoms with E-state index < -0.39 is 5.82 Å². The number of carbonyl (C=O) groups is 2. The van der Waals surface area contributed by atoms with Crippen LogP contribution in [0.25, 0.3) is 5.65 Å². The highest BCUT2D eigenvalue weighted by Crippen LogP contribution is 2.16. The number of amides is 2. The Balaban J connectivity index is 1.45. The average Bonchev–Trinajstić information content (AvgIpc) is 3.10. The molecule has 3 heterocycles. The zero-order chi connectivity index (χ0) is 19.0. The quantitative estimate of drug-likeness (QED) is 0.623. The predicted octanol–water partition coefficient (Wildman–Crippen LogP) is 2.23. The second-order valence-corrected chi connectivity index (χ2v) is 7.11. The van der Waals surface area contributed by atoms with Crippen LogP contribution >= 0.6 is 15.9 Å². The summed E-state index contributed by atoms with van der Waals surface area (Å²) in [6, 6.07) is 5.63. The van der Waals surface area contributed by atoms with Crippen LogP contribution in [-0.4, -0.2) is 62.4 Å². The fourth-order valence-electron chi connectivity index (χ4n) is 3.09. The van der Waals surface area contributed by atoms with Gasteiger partial charge in [0.1, 0.15) is 11.4 Å². The molecule has 1 aliphatic heterocycles. The molecule has 0 N–H and O–H groups in total. The van der Waals surface area contributed by atoms with Crippen LogP contribution < -0.4 is 0 Å². The molecule has 0 atom stereocenters. The summed E-state index contributed by atoms with van der Waals surface area (Å²) >= 11 is 3.32. The topological polar surface area (TPSA) is 70.8 Å². The maximum Gasteiger partial charge on any atom is 0.259 e. The lowest BCUT2D eigenvalue weighted by molar-refractivity contribution is 0.0536. The molecule has 9 heteroatoms. The SMILES string of the molecule is O=C(c1cccc(F)c1)N1CCN(C(=O)c2cnn3cc(Br)cnc23)CC1. The third-order valence-electron chi connectivity index (χ3n) is 4.48. The van der Waals surface area contributed by atoms with Crippen LogP contribution in [0.5, 0.6) is 0 Å². The maximum absolute atomic E-state index is 13.3. The standard InChI is InChI=1S/C18H15BrFN5O2/c19-13-9-21-16-15(10-22-25(16)11-13)18(27)24-6-4-23(5-7-24)17(26)12-2-1-3-14(20)8-12/h1-3,8-11H,4-7H2. The fraction of sp³-hybridized carbons (Fsp3) is 0.222. The molecule has 0 saturated carbocycles. The van der Waals surface area contributed by atoms with E-state index in [1.165, 1.54) is 24.4 Å². The van der Waals surface area contributed by atoms with Gasteiger partial charge >= 0.3 is 0 Å². The highest BCUT2D eigenvalue weighted by molar-refractivity contribution is 9.10. The number of fused-ring (bicyclic) bond motifs is 1. The van der Waals surface area contributed by atoms with Crippen molar-refractivity contribution in [3.63, 3.8) is 0 Å². The highest BCUT2D eigenvalue weighted by Gasteiger charge is 2.27. The molecule has 138 valence electrons. The average molecular weight is 432 g/mol. The van der Waals surface area contributed by atoms with Gasteiger partial charge in [0.15, 0.2) is 5.65 Å². The van der Waals surface area contributed by atoms with Crippen molar-refractivity contribution in [3.05, 3.63) is 64.3 Å². The maximum atomic E-state index is 13.3. The molecule has 7 nitrogen and oxygen atoms in total. The first-order chi connectivity index (χ1) is 13.0. The van der Waals surface area contributed by atoms with Gasteiger partial charge in [-0.25, -0.2) is 13.9 Å². The fourth-order valence-corrected chi connectivity index (χ4v) is 3.39. The molecule has 1 saturated heterocycles. The predicted molar refractivity (Wildman–Crippen MR) is 98.9 cm³/mol. The summed E-state index contributed by atoms with van der Waals surface area (Å²) in [5.74, 6) is -0.844. The summed E-state index contributed by atoms with van der Waals surface area (Å²) in [6.07, 6.45) is 4.85. The van der Waals surface area contributed by atoms with Crippen LogP contribution in [0.1, 0.15) is 20.7 Å². The van der Waals surface area contributed by atoms with Gasteiger partial charge in [-0.1, -0.05) is 6.07 Å². The van der Waals surface area contributed by atoms with Gasteiger partial charge in [0.05, 0.1) is 10.7 Å². The van der Waals surface area contributed by atoms with E-state index in [0.717, 1.165) is 4.47 Å². The first-order valence-corrected chi connectivity index (χ1v) is 9.15. The zero-order valence-corrected chi connectivity index (χ0v) is 15.8. The molecule has 0 unspecified atom stereocenters. The minimum absolute atomic E-state index is 0.169. The van der Waals surface area contributed by atoms with E-state index in [1.807, 2.05) is 0 Å². The third kappa shape index (κ3) is 3.42. The molecule has 0 bridgehead atoms. The summed E-state index contributed by atoms with van der Waals surface area (Å²) < 4.78 is 15.6. The van der Waals surface area contributed by atoms with Crippen molar-refractivity contribution in [2.75, 3.05) is 26.2 Å². The van der Waals surface area contributed by atoms with E-state index in [9.17, 15) is 14.0 Å². The number of benzene rings is 1. The number of hydrogen-bond donors (Lipinski definition) is 0. The highest BCUT2D eigenvalue weighted by atomic mass is 79.9. The number of carbonyl (C=O) groups excluding carboxylic acids is 2. The number of hydrogen-bond acceptors (Lipinski definition) is 4. The Hall–Kier alpha value is -2.81. The van der Waals surface area contributed by atoms with Gasteiger partial charge in [0.2, 0.25) is 0 Å². The second kappa shape index (κ2) is 7.07. The van der Waals surface area contributed by atoms with Crippen molar-refractivity contribution in [1.82, 2.24) is 24.4 Å². The zero-order valence-electron chi connectivity index (χ0n) is 14.2. The normalized spacial score (nSPS) is 14.6. The van der Waals surface area contributed by atoms with Crippen molar-refractivity contribution >= 4 is 33.4 Å². The molecular weight excluding hydrogens is 417 g/mol. The van der Waals surface area contributed by atoms with Crippen molar-refractivity contribution < 1.29 is 14.0 Å². The van der Waals surface area contributed by atoms with Crippen molar-refractivity contribution in [1.29, 1.82) is 0 Å². The van der Waals surface area contributed by atoms with Crippen LogP contribution in [0, 0.1) is 5.82 Å². The Labute approximate surface area is 162 Å². The third-order valence-corrected chi connectivity index (χ3v) is 4.89. The van der Waals surface area contributed by atoms with E-state index >= 15 is 0 Å². The summed E-state index contributed by atoms with van der Waals surface area (Å²) in [5, 5.41) is 4.16. The lowest BCUT2D eigenvalue weighted by atomic mass is 10.1. The van der Waals surface area contributed by atoms with Gasteiger partial charge in [-0.05, 0) is 34.1 Å². The van der Waals surface area contributed by atoms with Crippen molar-refractivity contribution in [3.8, 4) is 0 Å². The molecule has 27 heavy (non-hydrogen) atoms. The van der Waals surface area contributed by atoms with E-state index in [-0.39, 0.29) is 11.8 Å². The monoisotopic (exact) mass is 431 g/mol. The van der Waals surface area contributed by atoms with Crippen molar-refractivity contribution in [2.45, 2.75) is 0 Å². The Kier molecular flexibility index (Phi) is 4.61. The van der Waals surface area contributed by atoms with Crippen LogP contribution in [0.15, 0.2) is 47.3 Å².